The average Bonchev–Trinajstić information content (AvgIpc) is 3.33. The predicted molar refractivity (Wildman–Crippen MR) is 99.6 cm³/mol. The number of hydrogen-bond donors (Lipinski definition) is 1. The zero-order valence-electron chi connectivity index (χ0n) is 15.4. The van der Waals surface area contributed by atoms with Crippen LogP contribution in [0.25, 0.3) is 0 Å². The molecule has 1 N–H and O–H groups in total. The van der Waals surface area contributed by atoms with Crippen LogP contribution in [0.4, 0.5) is 0 Å². The molecule has 0 radical (unpaired) electrons. The number of nitrogens with zero attached hydrogens (tertiary/aromatic N) is 2. The summed E-state index contributed by atoms with van der Waals surface area (Å²) < 4.78 is 11.6. The lowest BCUT2D eigenvalue weighted by molar-refractivity contribution is -0.123. The zero-order chi connectivity index (χ0) is 17.8. The van der Waals surface area contributed by atoms with E-state index >= 15 is 0 Å². The third-order valence-electron chi connectivity index (χ3n) is 5.61. The van der Waals surface area contributed by atoms with E-state index in [4.69, 9.17) is 9.47 Å². The van der Waals surface area contributed by atoms with E-state index in [1.165, 1.54) is 38.8 Å². The number of fused-ring (bicyclic) bond motifs is 1. The van der Waals surface area contributed by atoms with Gasteiger partial charge in [-0.1, -0.05) is 12.1 Å². The van der Waals surface area contributed by atoms with Gasteiger partial charge in [0.25, 0.3) is 0 Å². The first kappa shape index (κ1) is 17.6. The number of nitrogens with one attached hydrogen (secondary N) is 1. The average molecular weight is 359 g/mol. The smallest absolute Gasteiger partial charge is 0.234 e. The van der Waals surface area contributed by atoms with Gasteiger partial charge in [0, 0.05) is 12.6 Å². The SMILES string of the molecule is O=C(CN1CCC[C@@H]1CN1CCCC1)NC[C@@H]1COc2ccccc2O1. The summed E-state index contributed by atoms with van der Waals surface area (Å²) in [4.78, 5) is 17.3. The van der Waals surface area contributed by atoms with Crippen molar-refractivity contribution in [3.05, 3.63) is 24.3 Å². The Balaban J connectivity index is 1.21. The lowest BCUT2D eigenvalue weighted by Gasteiger charge is -2.29. The summed E-state index contributed by atoms with van der Waals surface area (Å²) >= 11 is 0. The Morgan fingerprint density at radius 3 is 2.77 bits per heavy atom. The Morgan fingerprint density at radius 1 is 1.12 bits per heavy atom. The minimum absolute atomic E-state index is 0.0841. The number of carbonyl (C=O) groups is 1. The summed E-state index contributed by atoms with van der Waals surface area (Å²) in [6.07, 6.45) is 4.91. The fraction of sp³-hybridized carbons (Fsp3) is 0.650. The van der Waals surface area contributed by atoms with Crippen LogP contribution in [0.1, 0.15) is 25.7 Å². The molecule has 0 bridgehead atoms. The summed E-state index contributed by atoms with van der Waals surface area (Å²) in [6.45, 7) is 6.03. The molecule has 6 nitrogen and oxygen atoms in total. The number of para-hydroxylation sites is 2. The monoisotopic (exact) mass is 359 g/mol. The summed E-state index contributed by atoms with van der Waals surface area (Å²) in [5, 5.41) is 3.03. The van der Waals surface area contributed by atoms with Crippen LogP contribution in [0, 0.1) is 0 Å². The molecule has 1 aromatic rings. The molecule has 0 saturated carbocycles. The van der Waals surface area contributed by atoms with Crippen LogP contribution in [0.3, 0.4) is 0 Å². The number of amides is 1. The van der Waals surface area contributed by atoms with E-state index in [1.807, 2.05) is 24.3 Å². The molecule has 4 rings (SSSR count). The van der Waals surface area contributed by atoms with Crippen molar-refractivity contribution in [2.75, 3.05) is 45.9 Å². The second kappa shape index (κ2) is 8.27. The van der Waals surface area contributed by atoms with E-state index in [-0.39, 0.29) is 12.0 Å². The Hall–Kier alpha value is -1.79. The van der Waals surface area contributed by atoms with Crippen molar-refractivity contribution in [2.45, 2.75) is 37.8 Å². The first-order valence-corrected chi connectivity index (χ1v) is 9.89. The van der Waals surface area contributed by atoms with Crippen LogP contribution >= 0.6 is 0 Å². The van der Waals surface area contributed by atoms with E-state index in [1.54, 1.807) is 0 Å². The van der Waals surface area contributed by atoms with E-state index in [0.717, 1.165) is 24.6 Å². The Bertz CT molecular complexity index is 618. The van der Waals surface area contributed by atoms with Crippen molar-refractivity contribution in [2.24, 2.45) is 0 Å². The fourth-order valence-electron chi connectivity index (χ4n) is 4.21. The lowest BCUT2D eigenvalue weighted by Crippen LogP contribution is -2.47. The van der Waals surface area contributed by atoms with Crippen LogP contribution in [0.5, 0.6) is 11.5 Å². The van der Waals surface area contributed by atoms with Gasteiger partial charge in [0.2, 0.25) is 5.91 Å². The molecule has 6 heteroatoms. The maximum absolute atomic E-state index is 12.4. The van der Waals surface area contributed by atoms with Gasteiger partial charge in [0.05, 0.1) is 13.1 Å². The lowest BCUT2D eigenvalue weighted by atomic mass is 10.2. The normalized spacial score (nSPS) is 26.2. The number of likely N-dealkylation sites (tertiary alicyclic amines) is 2. The van der Waals surface area contributed by atoms with Gasteiger partial charge in [-0.3, -0.25) is 9.69 Å². The van der Waals surface area contributed by atoms with Crippen molar-refractivity contribution < 1.29 is 14.3 Å². The molecule has 1 amide bonds. The summed E-state index contributed by atoms with van der Waals surface area (Å²) in [6, 6.07) is 8.18. The number of hydrogen-bond acceptors (Lipinski definition) is 5. The largest absolute Gasteiger partial charge is 0.486 e. The molecule has 2 atom stereocenters. The molecular formula is C20H29N3O3. The van der Waals surface area contributed by atoms with E-state index in [9.17, 15) is 4.79 Å². The number of carbonyl (C=O) groups excluding carboxylic acids is 1. The molecule has 2 saturated heterocycles. The van der Waals surface area contributed by atoms with Crippen LogP contribution in [-0.4, -0.2) is 73.7 Å². The van der Waals surface area contributed by atoms with E-state index < -0.39 is 0 Å². The zero-order valence-corrected chi connectivity index (χ0v) is 15.4. The number of ether oxygens (including phenoxy) is 2. The van der Waals surface area contributed by atoms with Gasteiger partial charge in [-0.25, -0.2) is 0 Å². The highest BCUT2D eigenvalue weighted by atomic mass is 16.6. The first-order chi connectivity index (χ1) is 12.8. The molecule has 0 unspecified atom stereocenters. The molecule has 0 spiro atoms. The molecular weight excluding hydrogens is 330 g/mol. The molecule has 1 aromatic carbocycles. The maximum atomic E-state index is 12.4. The molecule has 26 heavy (non-hydrogen) atoms. The molecule has 0 aromatic heterocycles. The van der Waals surface area contributed by atoms with Gasteiger partial charge < -0.3 is 19.7 Å². The minimum Gasteiger partial charge on any atom is -0.486 e. The van der Waals surface area contributed by atoms with Crippen molar-refractivity contribution in [3.8, 4) is 11.5 Å². The second-order valence-electron chi connectivity index (χ2n) is 7.58. The molecule has 3 aliphatic heterocycles. The highest BCUT2D eigenvalue weighted by molar-refractivity contribution is 5.78. The third-order valence-corrected chi connectivity index (χ3v) is 5.61. The van der Waals surface area contributed by atoms with Gasteiger partial charge in [0.15, 0.2) is 11.5 Å². The first-order valence-electron chi connectivity index (χ1n) is 9.89. The fourth-order valence-corrected chi connectivity index (χ4v) is 4.21. The van der Waals surface area contributed by atoms with Gasteiger partial charge in [-0.2, -0.15) is 0 Å². The van der Waals surface area contributed by atoms with Gasteiger partial charge in [-0.05, 0) is 57.5 Å². The predicted octanol–water partition coefficient (Wildman–Crippen LogP) is 1.50. The summed E-state index contributed by atoms with van der Waals surface area (Å²) in [7, 11) is 0. The van der Waals surface area contributed by atoms with Crippen molar-refractivity contribution in [1.82, 2.24) is 15.1 Å². The third kappa shape index (κ3) is 4.30. The van der Waals surface area contributed by atoms with Gasteiger partial charge in [0.1, 0.15) is 12.7 Å². The van der Waals surface area contributed by atoms with Gasteiger partial charge in [-0.15, -0.1) is 0 Å². The highest BCUT2D eigenvalue weighted by Gasteiger charge is 2.29. The minimum atomic E-state index is -0.132. The Kier molecular flexibility index (Phi) is 5.60. The number of rotatable bonds is 6. The summed E-state index contributed by atoms with van der Waals surface area (Å²) in [5.74, 6) is 1.61. The molecule has 0 aliphatic carbocycles. The quantitative estimate of drug-likeness (QED) is 0.834. The molecule has 2 fully saturated rings. The topological polar surface area (TPSA) is 54.0 Å². The highest BCUT2D eigenvalue weighted by Crippen LogP contribution is 2.30. The van der Waals surface area contributed by atoms with Crippen molar-refractivity contribution >= 4 is 5.91 Å². The Morgan fingerprint density at radius 2 is 1.92 bits per heavy atom. The number of benzene rings is 1. The van der Waals surface area contributed by atoms with Crippen LogP contribution in [0.15, 0.2) is 24.3 Å². The van der Waals surface area contributed by atoms with Crippen molar-refractivity contribution in [3.63, 3.8) is 0 Å². The molecule has 3 heterocycles. The molecule has 3 aliphatic rings. The van der Waals surface area contributed by atoms with E-state index in [2.05, 4.69) is 15.1 Å². The van der Waals surface area contributed by atoms with Crippen LogP contribution in [-0.2, 0) is 4.79 Å². The standard InChI is InChI=1S/C20H29N3O3/c24-20(14-23-11-5-6-16(23)13-22-9-3-4-10-22)21-12-17-15-25-18-7-1-2-8-19(18)26-17/h1-2,7-8,16-17H,3-6,9-15H2,(H,21,24)/t16-,17-/m1/s1. The van der Waals surface area contributed by atoms with E-state index in [0.29, 0.717) is 25.7 Å². The van der Waals surface area contributed by atoms with Crippen LogP contribution < -0.4 is 14.8 Å². The van der Waals surface area contributed by atoms with Gasteiger partial charge >= 0.3 is 0 Å². The second-order valence-corrected chi connectivity index (χ2v) is 7.58. The maximum Gasteiger partial charge on any atom is 0.234 e. The van der Waals surface area contributed by atoms with Crippen LogP contribution in [0.2, 0.25) is 0 Å². The Labute approximate surface area is 155 Å². The summed E-state index contributed by atoms with van der Waals surface area (Å²) in [5.41, 5.74) is 0. The van der Waals surface area contributed by atoms with Crippen molar-refractivity contribution in [1.29, 1.82) is 0 Å². The molecule has 142 valence electrons.